The van der Waals surface area contributed by atoms with Gasteiger partial charge in [0.25, 0.3) is 0 Å². The standard InChI is InChI=1S/C15H27N3O2/c1-11(2)12(3)15(20)17-7-4-5-13(10-17)18-8-6-16-9-14(18)19/h11-13,16H,4-10H2,1-3H3. The van der Waals surface area contributed by atoms with Gasteiger partial charge in [-0.25, -0.2) is 0 Å². The molecule has 5 heteroatoms. The van der Waals surface area contributed by atoms with E-state index in [1.165, 1.54) is 0 Å². The molecule has 2 rings (SSSR count). The molecule has 20 heavy (non-hydrogen) atoms. The lowest BCUT2D eigenvalue weighted by molar-refractivity contribution is -0.143. The Balaban J connectivity index is 1.97. The number of rotatable bonds is 3. The Morgan fingerprint density at radius 2 is 2.05 bits per heavy atom. The van der Waals surface area contributed by atoms with E-state index in [0.717, 1.165) is 32.5 Å². The molecule has 2 fully saturated rings. The van der Waals surface area contributed by atoms with Crippen LogP contribution in [0.15, 0.2) is 0 Å². The molecular weight excluding hydrogens is 254 g/mol. The molecule has 114 valence electrons. The van der Waals surface area contributed by atoms with Crippen LogP contribution in [-0.4, -0.2) is 60.4 Å². The average molecular weight is 281 g/mol. The fraction of sp³-hybridized carbons (Fsp3) is 0.867. The van der Waals surface area contributed by atoms with Gasteiger partial charge >= 0.3 is 0 Å². The van der Waals surface area contributed by atoms with Crippen LogP contribution in [0.3, 0.4) is 0 Å². The van der Waals surface area contributed by atoms with Crippen molar-refractivity contribution in [2.75, 3.05) is 32.7 Å². The minimum Gasteiger partial charge on any atom is -0.340 e. The Morgan fingerprint density at radius 3 is 2.70 bits per heavy atom. The Labute approximate surface area is 121 Å². The summed E-state index contributed by atoms with van der Waals surface area (Å²) in [6.45, 7) is 9.80. The Morgan fingerprint density at radius 1 is 1.30 bits per heavy atom. The number of piperazine rings is 1. The number of carbonyl (C=O) groups excluding carboxylic acids is 2. The van der Waals surface area contributed by atoms with Crippen LogP contribution >= 0.6 is 0 Å². The molecule has 0 aromatic carbocycles. The highest BCUT2D eigenvalue weighted by atomic mass is 16.2. The van der Waals surface area contributed by atoms with Crippen LogP contribution in [0.2, 0.25) is 0 Å². The summed E-state index contributed by atoms with van der Waals surface area (Å²) in [6.07, 6.45) is 2.02. The summed E-state index contributed by atoms with van der Waals surface area (Å²) in [6, 6.07) is 0.210. The second kappa shape index (κ2) is 6.57. The van der Waals surface area contributed by atoms with Crippen molar-refractivity contribution >= 4 is 11.8 Å². The van der Waals surface area contributed by atoms with Gasteiger partial charge < -0.3 is 15.1 Å². The van der Waals surface area contributed by atoms with Gasteiger partial charge in [0.05, 0.1) is 6.54 Å². The van der Waals surface area contributed by atoms with E-state index in [1.54, 1.807) is 0 Å². The van der Waals surface area contributed by atoms with Gasteiger partial charge in [0.1, 0.15) is 0 Å². The Bertz CT molecular complexity index is 370. The first-order valence-corrected chi connectivity index (χ1v) is 7.79. The topological polar surface area (TPSA) is 52.7 Å². The summed E-state index contributed by atoms with van der Waals surface area (Å²) in [7, 11) is 0. The summed E-state index contributed by atoms with van der Waals surface area (Å²) in [5.74, 6) is 0.843. The quantitative estimate of drug-likeness (QED) is 0.828. The van der Waals surface area contributed by atoms with Gasteiger partial charge in [-0.15, -0.1) is 0 Å². The first-order valence-electron chi connectivity index (χ1n) is 7.79. The van der Waals surface area contributed by atoms with Gasteiger partial charge in [-0.05, 0) is 18.8 Å². The number of nitrogens with zero attached hydrogens (tertiary/aromatic N) is 2. The number of amides is 2. The third-order valence-electron chi connectivity index (χ3n) is 4.66. The summed E-state index contributed by atoms with van der Waals surface area (Å²) in [4.78, 5) is 28.4. The molecule has 2 atom stereocenters. The maximum absolute atomic E-state index is 12.5. The molecule has 0 aromatic heterocycles. The monoisotopic (exact) mass is 281 g/mol. The first kappa shape index (κ1) is 15.3. The molecule has 2 saturated heterocycles. The van der Waals surface area contributed by atoms with Crippen molar-refractivity contribution in [3.05, 3.63) is 0 Å². The van der Waals surface area contributed by atoms with E-state index in [0.29, 0.717) is 19.0 Å². The molecular formula is C15H27N3O2. The summed E-state index contributed by atoms with van der Waals surface area (Å²) < 4.78 is 0. The van der Waals surface area contributed by atoms with Crippen molar-refractivity contribution in [1.29, 1.82) is 0 Å². The molecule has 2 unspecified atom stereocenters. The normalized spacial score (nSPS) is 26.0. The van der Waals surface area contributed by atoms with Crippen molar-refractivity contribution in [3.63, 3.8) is 0 Å². The number of nitrogens with one attached hydrogen (secondary N) is 1. The highest BCUT2D eigenvalue weighted by Gasteiger charge is 2.33. The van der Waals surface area contributed by atoms with Crippen molar-refractivity contribution in [2.24, 2.45) is 11.8 Å². The van der Waals surface area contributed by atoms with Crippen molar-refractivity contribution in [3.8, 4) is 0 Å². The molecule has 0 spiro atoms. The van der Waals surface area contributed by atoms with Crippen LogP contribution in [0.25, 0.3) is 0 Å². The summed E-state index contributed by atoms with van der Waals surface area (Å²) in [5.41, 5.74) is 0. The number of hydrogen-bond acceptors (Lipinski definition) is 3. The zero-order valence-corrected chi connectivity index (χ0v) is 12.9. The highest BCUT2D eigenvalue weighted by molar-refractivity contribution is 5.80. The Hall–Kier alpha value is -1.10. The first-order chi connectivity index (χ1) is 9.50. The molecule has 0 aliphatic carbocycles. The molecule has 2 aliphatic rings. The lowest BCUT2D eigenvalue weighted by Gasteiger charge is -2.42. The van der Waals surface area contributed by atoms with Crippen molar-refractivity contribution in [1.82, 2.24) is 15.1 Å². The van der Waals surface area contributed by atoms with E-state index in [4.69, 9.17) is 0 Å². The largest absolute Gasteiger partial charge is 0.340 e. The number of piperidine rings is 1. The van der Waals surface area contributed by atoms with E-state index in [-0.39, 0.29) is 23.8 Å². The van der Waals surface area contributed by atoms with Crippen LogP contribution in [0.4, 0.5) is 0 Å². The summed E-state index contributed by atoms with van der Waals surface area (Å²) in [5, 5.41) is 3.10. The zero-order valence-electron chi connectivity index (χ0n) is 12.9. The number of carbonyl (C=O) groups is 2. The second-order valence-electron chi connectivity index (χ2n) is 6.38. The lowest BCUT2D eigenvalue weighted by atomic mass is 9.94. The smallest absolute Gasteiger partial charge is 0.236 e. The molecule has 5 nitrogen and oxygen atoms in total. The predicted octanol–water partition coefficient (Wildman–Crippen LogP) is 0.701. The lowest BCUT2D eigenvalue weighted by Crippen LogP contribution is -2.58. The van der Waals surface area contributed by atoms with Crippen LogP contribution < -0.4 is 5.32 Å². The van der Waals surface area contributed by atoms with Crippen molar-refractivity contribution < 1.29 is 9.59 Å². The molecule has 2 aliphatic heterocycles. The van der Waals surface area contributed by atoms with E-state index < -0.39 is 0 Å². The van der Waals surface area contributed by atoms with Gasteiger partial charge in [-0.1, -0.05) is 20.8 Å². The van der Waals surface area contributed by atoms with Crippen LogP contribution in [0, 0.1) is 11.8 Å². The molecule has 0 saturated carbocycles. The molecule has 2 amide bonds. The second-order valence-corrected chi connectivity index (χ2v) is 6.38. The van der Waals surface area contributed by atoms with Gasteiger partial charge in [-0.3, -0.25) is 9.59 Å². The Kier molecular flexibility index (Phi) is 5.02. The minimum absolute atomic E-state index is 0.0625. The van der Waals surface area contributed by atoms with Gasteiger partial charge in [-0.2, -0.15) is 0 Å². The summed E-state index contributed by atoms with van der Waals surface area (Å²) >= 11 is 0. The maximum Gasteiger partial charge on any atom is 0.236 e. The average Bonchev–Trinajstić information content (AvgIpc) is 2.46. The molecule has 1 N–H and O–H groups in total. The van der Waals surface area contributed by atoms with E-state index in [1.807, 2.05) is 16.7 Å². The molecule has 0 bridgehead atoms. The van der Waals surface area contributed by atoms with Crippen LogP contribution in [0.1, 0.15) is 33.6 Å². The molecule has 0 aromatic rings. The highest BCUT2D eigenvalue weighted by Crippen LogP contribution is 2.21. The third-order valence-corrected chi connectivity index (χ3v) is 4.66. The van der Waals surface area contributed by atoms with E-state index in [9.17, 15) is 9.59 Å². The maximum atomic E-state index is 12.5. The fourth-order valence-corrected chi connectivity index (χ4v) is 2.99. The van der Waals surface area contributed by atoms with E-state index in [2.05, 4.69) is 19.2 Å². The van der Waals surface area contributed by atoms with Crippen molar-refractivity contribution in [2.45, 2.75) is 39.7 Å². The SMILES string of the molecule is CC(C)C(C)C(=O)N1CCCC(N2CCNCC2=O)C1. The van der Waals surface area contributed by atoms with E-state index >= 15 is 0 Å². The number of hydrogen-bond donors (Lipinski definition) is 1. The molecule has 0 radical (unpaired) electrons. The van der Waals surface area contributed by atoms with Crippen LogP contribution in [-0.2, 0) is 9.59 Å². The third kappa shape index (κ3) is 3.32. The number of likely N-dealkylation sites (tertiary alicyclic amines) is 1. The predicted molar refractivity (Wildman–Crippen MR) is 78.2 cm³/mol. The van der Waals surface area contributed by atoms with Gasteiger partial charge in [0.15, 0.2) is 0 Å². The van der Waals surface area contributed by atoms with Crippen LogP contribution in [0.5, 0.6) is 0 Å². The van der Waals surface area contributed by atoms with Gasteiger partial charge in [0, 0.05) is 38.1 Å². The minimum atomic E-state index is 0.0625. The molecule has 2 heterocycles. The van der Waals surface area contributed by atoms with Gasteiger partial charge in [0.2, 0.25) is 11.8 Å². The zero-order chi connectivity index (χ0) is 14.7. The fourth-order valence-electron chi connectivity index (χ4n) is 2.99.